The van der Waals surface area contributed by atoms with Crippen molar-refractivity contribution in [3.63, 3.8) is 0 Å². The van der Waals surface area contributed by atoms with Crippen molar-refractivity contribution in [3.8, 4) is 0 Å². The second-order valence-corrected chi connectivity index (χ2v) is 10.6. The summed E-state index contributed by atoms with van der Waals surface area (Å²) in [7, 11) is -2.53. The zero-order valence-corrected chi connectivity index (χ0v) is 13.5. The van der Waals surface area contributed by atoms with E-state index in [1.54, 1.807) is 0 Å². The van der Waals surface area contributed by atoms with Crippen LogP contribution in [0.5, 0.6) is 0 Å². The summed E-state index contributed by atoms with van der Waals surface area (Å²) in [6, 6.07) is 0. The third-order valence-corrected chi connectivity index (χ3v) is 10.3. The van der Waals surface area contributed by atoms with Crippen LogP contribution >= 0.6 is 7.14 Å². The molecule has 0 radical (unpaired) electrons. The second-order valence-electron chi connectivity index (χ2n) is 6.50. The van der Waals surface area contributed by atoms with Crippen LogP contribution in [0.4, 0.5) is 0 Å². The Morgan fingerprint density at radius 2 is 1.72 bits per heavy atom. The maximum Gasteiger partial charge on any atom is 0.313 e. The molecule has 18 heavy (non-hydrogen) atoms. The fourth-order valence-electron chi connectivity index (χ4n) is 3.13. The highest BCUT2D eigenvalue weighted by atomic mass is 31.2. The topological polar surface area (TPSA) is 43.4 Å². The molecular weight excluding hydrogens is 247 g/mol. The van der Waals surface area contributed by atoms with Gasteiger partial charge >= 0.3 is 5.97 Å². The van der Waals surface area contributed by atoms with Gasteiger partial charge in [0.1, 0.15) is 13.3 Å². The molecule has 1 fully saturated rings. The van der Waals surface area contributed by atoms with Crippen LogP contribution in [0.2, 0.25) is 0 Å². The molecule has 0 saturated carbocycles. The first kappa shape index (κ1) is 15.8. The van der Waals surface area contributed by atoms with Crippen LogP contribution in [0, 0.1) is 5.92 Å². The van der Waals surface area contributed by atoms with Gasteiger partial charge in [-0.2, -0.15) is 0 Å². The van der Waals surface area contributed by atoms with Gasteiger partial charge in [-0.25, -0.2) is 0 Å². The van der Waals surface area contributed by atoms with E-state index in [1.165, 1.54) is 0 Å². The van der Waals surface area contributed by atoms with Gasteiger partial charge in [-0.3, -0.25) is 4.79 Å². The molecule has 106 valence electrons. The van der Waals surface area contributed by atoms with Crippen LogP contribution in [0.3, 0.4) is 0 Å². The van der Waals surface area contributed by atoms with Crippen LogP contribution in [0.15, 0.2) is 0 Å². The number of ether oxygens (including phenoxy) is 1. The van der Waals surface area contributed by atoms with Gasteiger partial charge in [0.05, 0.1) is 6.61 Å². The molecule has 0 unspecified atom stereocenters. The van der Waals surface area contributed by atoms with Gasteiger partial charge in [0.25, 0.3) is 0 Å². The molecule has 0 N–H and O–H groups in total. The van der Waals surface area contributed by atoms with Crippen molar-refractivity contribution in [1.82, 2.24) is 0 Å². The number of rotatable bonds is 5. The summed E-state index contributed by atoms with van der Waals surface area (Å²) < 4.78 is 18.3. The Morgan fingerprint density at radius 3 is 2.17 bits per heavy atom. The molecule has 1 aliphatic rings. The lowest BCUT2D eigenvalue weighted by molar-refractivity contribution is -0.140. The normalized spacial score (nSPS) is 32.7. The Kier molecular flexibility index (Phi) is 4.37. The van der Waals surface area contributed by atoms with Crippen molar-refractivity contribution in [2.75, 3.05) is 12.8 Å². The third-order valence-electron chi connectivity index (χ3n) is 5.09. The summed E-state index contributed by atoms with van der Waals surface area (Å²) >= 11 is 0. The van der Waals surface area contributed by atoms with Crippen molar-refractivity contribution in [2.45, 2.75) is 64.7 Å². The summed E-state index contributed by atoms with van der Waals surface area (Å²) in [5.74, 6) is 0.0686. The molecule has 1 aliphatic heterocycles. The van der Waals surface area contributed by atoms with Gasteiger partial charge in [-0.05, 0) is 12.3 Å². The van der Waals surface area contributed by atoms with E-state index in [0.717, 1.165) is 12.8 Å². The average molecular weight is 274 g/mol. The molecular formula is C14H27O3P. The van der Waals surface area contributed by atoms with Crippen molar-refractivity contribution in [1.29, 1.82) is 0 Å². The first-order valence-electron chi connectivity index (χ1n) is 6.86. The van der Waals surface area contributed by atoms with E-state index in [4.69, 9.17) is 4.74 Å². The fraction of sp³-hybridized carbons (Fsp3) is 0.929. The van der Waals surface area contributed by atoms with Crippen LogP contribution in [-0.4, -0.2) is 29.1 Å². The lowest BCUT2D eigenvalue weighted by Gasteiger charge is -2.62. The number of esters is 1. The molecule has 1 saturated heterocycles. The Hall–Kier alpha value is -0.300. The molecule has 1 heterocycles. The molecule has 0 amide bonds. The maximum absolute atomic E-state index is 13.1. The summed E-state index contributed by atoms with van der Waals surface area (Å²) in [4.78, 5) is 11.8. The molecule has 4 heteroatoms. The highest BCUT2D eigenvalue weighted by Gasteiger charge is 2.68. The zero-order chi connectivity index (χ0) is 14.2. The van der Waals surface area contributed by atoms with E-state index >= 15 is 0 Å². The Labute approximate surface area is 111 Å². The molecule has 0 atom stereocenters. The van der Waals surface area contributed by atoms with Crippen molar-refractivity contribution in [2.24, 2.45) is 5.92 Å². The van der Waals surface area contributed by atoms with Crippen molar-refractivity contribution < 1.29 is 14.1 Å². The molecule has 0 aliphatic carbocycles. The van der Waals surface area contributed by atoms with E-state index in [0.29, 0.717) is 12.5 Å². The molecule has 1 rings (SSSR count). The number of hydrogen-bond donors (Lipinski definition) is 0. The molecule has 0 bridgehead atoms. The van der Waals surface area contributed by atoms with Gasteiger partial charge in [-0.1, -0.05) is 48.0 Å². The van der Waals surface area contributed by atoms with Gasteiger partial charge in [0.15, 0.2) is 0 Å². The van der Waals surface area contributed by atoms with Crippen molar-refractivity contribution in [3.05, 3.63) is 0 Å². The average Bonchev–Trinajstić information content (AvgIpc) is 2.27. The van der Waals surface area contributed by atoms with Crippen LogP contribution in [-0.2, 0) is 14.1 Å². The smallest absolute Gasteiger partial charge is 0.313 e. The summed E-state index contributed by atoms with van der Waals surface area (Å²) in [5, 5.41) is -0.499. The minimum Gasteiger partial charge on any atom is -0.465 e. The van der Waals surface area contributed by atoms with Gasteiger partial charge in [0.2, 0.25) is 0 Å². The fourth-order valence-corrected chi connectivity index (χ4v) is 7.58. The monoisotopic (exact) mass is 274 g/mol. The molecule has 3 nitrogen and oxygen atoms in total. The number of carbonyl (C=O) groups excluding carboxylic acids is 1. The molecule has 0 aromatic carbocycles. The second kappa shape index (κ2) is 5.00. The Bertz CT molecular complexity index is 351. The van der Waals surface area contributed by atoms with Crippen molar-refractivity contribution >= 4 is 13.1 Å². The number of carbonyl (C=O) groups is 1. The Morgan fingerprint density at radius 1 is 1.22 bits per heavy atom. The van der Waals surface area contributed by atoms with E-state index < -0.39 is 7.14 Å². The summed E-state index contributed by atoms with van der Waals surface area (Å²) in [6.07, 6.45) is 1.97. The lowest BCUT2D eigenvalue weighted by Crippen LogP contribution is -2.58. The maximum atomic E-state index is 13.1. The predicted molar refractivity (Wildman–Crippen MR) is 75.7 cm³/mol. The standard InChI is InChI=1S/C14H27O3P/c1-7-8-9-17-12(15)10-18(16)13(3,4)11(2)14(18,5)6/h11H,7-10H2,1-6H3. The highest BCUT2D eigenvalue weighted by Crippen LogP contribution is 2.81. The van der Waals surface area contributed by atoms with Crippen LogP contribution < -0.4 is 0 Å². The summed E-state index contributed by atoms with van der Waals surface area (Å²) in [5.41, 5.74) is 0. The van der Waals surface area contributed by atoms with E-state index in [2.05, 4.69) is 13.8 Å². The first-order valence-corrected chi connectivity index (χ1v) is 8.75. The quantitative estimate of drug-likeness (QED) is 0.434. The van der Waals surface area contributed by atoms with E-state index in [1.807, 2.05) is 27.7 Å². The number of hydrogen-bond acceptors (Lipinski definition) is 3. The largest absolute Gasteiger partial charge is 0.465 e. The van der Waals surface area contributed by atoms with Gasteiger partial charge in [0, 0.05) is 10.3 Å². The molecule has 0 aromatic rings. The predicted octanol–water partition coefficient (Wildman–Crippen LogP) is 3.90. The van der Waals surface area contributed by atoms with Gasteiger partial charge < -0.3 is 9.30 Å². The number of unbranched alkanes of at least 4 members (excludes halogenated alkanes) is 1. The zero-order valence-electron chi connectivity index (χ0n) is 12.6. The van der Waals surface area contributed by atoms with Crippen LogP contribution in [0.1, 0.15) is 54.4 Å². The minimum absolute atomic E-state index is 0.0983. The first-order chi connectivity index (χ1) is 8.11. The summed E-state index contributed by atoms with van der Waals surface area (Å²) in [6.45, 7) is 12.7. The van der Waals surface area contributed by atoms with E-state index in [9.17, 15) is 9.36 Å². The van der Waals surface area contributed by atoms with E-state index in [-0.39, 0.29) is 22.4 Å². The molecule has 0 spiro atoms. The highest BCUT2D eigenvalue weighted by molar-refractivity contribution is 7.69. The van der Waals surface area contributed by atoms with Gasteiger partial charge in [-0.15, -0.1) is 0 Å². The Balaban J connectivity index is 2.71. The minimum atomic E-state index is -2.53. The van der Waals surface area contributed by atoms with Crippen LogP contribution in [0.25, 0.3) is 0 Å². The third kappa shape index (κ3) is 2.15. The lowest BCUT2D eigenvalue weighted by atomic mass is 9.83. The molecule has 0 aromatic heterocycles. The SMILES string of the molecule is CCCCOC(=O)CP1(=O)C(C)(C)C(C)C1(C)C.